The third kappa shape index (κ3) is 2.42. The fourth-order valence-electron chi connectivity index (χ4n) is 1.77. The first kappa shape index (κ1) is 12.0. The average Bonchev–Trinajstić information content (AvgIpc) is 2.40. The van der Waals surface area contributed by atoms with Crippen LogP contribution in [0.25, 0.3) is 0 Å². The van der Waals surface area contributed by atoms with E-state index >= 15 is 0 Å². The van der Waals surface area contributed by atoms with Crippen molar-refractivity contribution in [2.75, 3.05) is 0 Å². The first-order chi connectivity index (χ1) is 8.72. The van der Waals surface area contributed by atoms with Crippen LogP contribution in [-0.2, 0) is 4.79 Å². The number of rotatable bonds is 3. The Morgan fingerprint density at radius 2 is 1.83 bits per heavy atom. The molecule has 0 saturated carbocycles. The molecular weight excluding hydrogens is 226 g/mol. The fraction of sp³-hybridized carbons (Fsp3) is 0.0667. The lowest BCUT2D eigenvalue weighted by atomic mass is 9.99. The minimum absolute atomic E-state index is 0.0327. The Kier molecular flexibility index (Phi) is 3.46. The molecule has 0 unspecified atom stereocenters. The van der Waals surface area contributed by atoms with Gasteiger partial charge in [-0.25, -0.2) is 4.79 Å². The van der Waals surface area contributed by atoms with Gasteiger partial charge in [-0.3, -0.25) is 4.79 Å². The number of isocyanates is 1. The molecule has 88 valence electrons. The Hall–Kier alpha value is -2.51. The predicted molar refractivity (Wildman–Crippen MR) is 68.8 cm³/mol. The highest BCUT2D eigenvalue weighted by Crippen LogP contribution is 2.20. The van der Waals surface area contributed by atoms with E-state index in [2.05, 4.69) is 4.99 Å². The summed E-state index contributed by atoms with van der Waals surface area (Å²) in [6.45, 7) is 1.82. The van der Waals surface area contributed by atoms with Gasteiger partial charge in [-0.15, -0.1) is 0 Å². The fourth-order valence-corrected chi connectivity index (χ4v) is 1.77. The summed E-state index contributed by atoms with van der Waals surface area (Å²) < 4.78 is 0. The van der Waals surface area contributed by atoms with Gasteiger partial charge in [0.1, 0.15) is 0 Å². The lowest BCUT2D eigenvalue weighted by Gasteiger charge is -2.05. The highest BCUT2D eigenvalue weighted by Gasteiger charge is 2.11. The van der Waals surface area contributed by atoms with Crippen LogP contribution >= 0.6 is 0 Å². The molecule has 0 amide bonds. The molecule has 0 saturated heterocycles. The third-order valence-corrected chi connectivity index (χ3v) is 2.67. The summed E-state index contributed by atoms with van der Waals surface area (Å²) in [5.74, 6) is -0.0327. The maximum Gasteiger partial charge on any atom is 0.240 e. The molecular formula is C15H11NO2. The van der Waals surface area contributed by atoms with E-state index in [-0.39, 0.29) is 5.78 Å². The Morgan fingerprint density at radius 3 is 2.44 bits per heavy atom. The number of benzene rings is 2. The monoisotopic (exact) mass is 237 g/mol. The van der Waals surface area contributed by atoms with E-state index in [1.807, 2.05) is 25.1 Å². The van der Waals surface area contributed by atoms with Gasteiger partial charge in [0.15, 0.2) is 5.78 Å². The van der Waals surface area contributed by atoms with Crippen LogP contribution in [0.5, 0.6) is 0 Å². The van der Waals surface area contributed by atoms with Crippen molar-refractivity contribution >= 4 is 17.6 Å². The minimum atomic E-state index is -0.0327. The van der Waals surface area contributed by atoms with Crippen molar-refractivity contribution in [1.82, 2.24) is 0 Å². The molecule has 0 aromatic heterocycles. The molecule has 0 bridgehead atoms. The summed E-state index contributed by atoms with van der Waals surface area (Å²) in [6, 6.07) is 14.1. The predicted octanol–water partition coefficient (Wildman–Crippen LogP) is 3.19. The van der Waals surface area contributed by atoms with E-state index in [1.165, 1.54) is 6.08 Å². The molecule has 3 nitrogen and oxygen atoms in total. The van der Waals surface area contributed by atoms with Crippen LogP contribution in [0.1, 0.15) is 21.5 Å². The van der Waals surface area contributed by atoms with Crippen molar-refractivity contribution in [3.8, 4) is 0 Å². The Balaban J connectivity index is 2.40. The van der Waals surface area contributed by atoms with Crippen molar-refractivity contribution < 1.29 is 9.59 Å². The van der Waals surface area contributed by atoms with Crippen molar-refractivity contribution in [1.29, 1.82) is 0 Å². The molecule has 0 N–H and O–H groups in total. The summed E-state index contributed by atoms with van der Waals surface area (Å²) in [7, 11) is 0. The zero-order chi connectivity index (χ0) is 13.0. The number of ketones is 1. The second-order valence-electron chi connectivity index (χ2n) is 3.90. The summed E-state index contributed by atoms with van der Waals surface area (Å²) in [4.78, 5) is 25.9. The topological polar surface area (TPSA) is 46.5 Å². The van der Waals surface area contributed by atoms with Gasteiger partial charge in [0.25, 0.3) is 0 Å². The molecule has 0 aliphatic rings. The molecule has 0 atom stereocenters. The zero-order valence-electron chi connectivity index (χ0n) is 9.88. The zero-order valence-corrected chi connectivity index (χ0v) is 9.88. The van der Waals surface area contributed by atoms with Crippen LogP contribution in [-0.4, -0.2) is 11.9 Å². The van der Waals surface area contributed by atoms with Crippen molar-refractivity contribution in [3.05, 3.63) is 65.2 Å². The van der Waals surface area contributed by atoms with E-state index in [9.17, 15) is 9.59 Å². The van der Waals surface area contributed by atoms with Crippen molar-refractivity contribution in [2.45, 2.75) is 6.92 Å². The number of hydrogen-bond donors (Lipinski definition) is 0. The molecule has 2 aromatic rings. The van der Waals surface area contributed by atoms with Gasteiger partial charge in [-0.05, 0) is 30.7 Å². The molecule has 2 rings (SSSR count). The molecule has 0 aliphatic heterocycles. The molecule has 2 aromatic carbocycles. The SMILES string of the molecule is Cc1cc(N=C=O)ccc1C(=O)c1ccccc1. The van der Waals surface area contributed by atoms with E-state index in [0.717, 1.165) is 5.56 Å². The van der Waals surface area contributed by atoms with Gasteiger partial charge in [-0.2, -0.15) is 4.99 Å². The molecule has 18 heavy (non-hydrogen) atoms. The van der Waals surface area contributed by atoms with Gasteiger partial charge in [-0.1, -0.05) is 30.3 Å². The second-order valence-corrected chi connectivity index (χ2v) is 3.90. The van der Waals surface area contributed by atoms with Gasteiger partial charge >= 0.3 is 0 Å². The maximum absolute atomic E-state index is 12.2. The Labute approximate surface area is 105 Å². The average molecular weight is 237 g/mol. The largest absolute Gasteiger partial charge is 0.289 e. The smallest absolute Gasteiger partial charge is 0.240 e. The first-order valence-corrected chi connectivity index (χ1v) is 5.50. The second kappa shape index (κ2) is 5.21. The highest BCUT2D eigenvalue weighted by molar-refractivity contribution is 6.10. The van der Waals surface area contributed by atoms with Gasteiger partial charge in [0.05, 0.1) is 5.69 Å². The van der Waals surface area contributed by atoms with Crippen LogP contribution < -0.4 is 0 Å². The molecule has 3 heteroatoms. The van der Waals surface area contributed by atoms with Crippen LogP contribution in [0.15, 0.2) is 53.5 Å². The number of hydrogen-bond acceptors (Lipinski definition) is 3. The summed E-state index contributed by atoms with van der Waals surface area (Å²) in [5, 5.41) is 0. The third-order valence-electron chi connectivity index (χ3n) is 2.67. The number of carbonyl (C=O) groups is 1. The Bertz CT molecular complexity index is 626. The van der Waals surface area contributed by atoms with Gasteiger partial charge in [0.2, 0.25) is 6.08 Å². The summed E-state index contributed by atoms with van der Waals surface area (Å²) in [6.07, 6.45) is 1.48. The standard InChI is InChI=1S/C15H11NO2/c1-11-9-13(16-10-17)7-8-14(11)15(18)12-5-3-2-4-6-12/h2-9H,1H3. The van der Waals surface area contributed by atoms with E-state index in [4.69, 9.17) is 0 Å². The minimum Gasteiger partial charge on any atom is -0.289 e. The van der Waals surface area contributed by atoms with Crippen LogP contribution in [0.3, 0.4) is 0 Å². The number of nitrogens with zero attached hydrogens (tertiary/aromatic N) is 1. The molecule has 0 radical (unpaired) electrons. The number of aryl methyl sites for hydroxylation is 1. The number of carbonyl (C=O) groups excluding carboxylic acids is 2. The quantitative estimate of drug-likeness (QED) is 0.467. The normalized spacial score (nSPS) is 9.61. The highest BCUT2D eigenvalue weighted by atomic mass is 16.1. The Morgan fingerprint density at radius 1 is 1.11 bits per heavy atom. The van der Waals surface area contributed by atoms with Gasteiger partial charge in [0, 0.05) is 11.1 Å². The lowest BCUT2D eigenvalue weighted by Crippen LogP contribution is -2.03. The van der Waals surface area contributed by atoms with E-state index in [0.29, 0.717) is 16.8 Å². The molecule has 0 fully saturated rings. The number of aliphatic imine (C=N–C) groups is 1. The van der Waals surface area contributed by atoms with Crippen LogP contribution in [0, 0.1) is 6.92 Å². The van der Waals surface area contributed by atoms with Gasteiger partial charge < -0.3 is 0 Å². The maximum atomic E-state index is 12.2. The lowest BCUT2D eigenvalue weighted by molar-refractivity contribution is 0.103. The molecule has 0 spiro atoms. The van der Waals surface area contributed by atoms with E-state index < -0.39 is 0 Å². The van der Waals surface area contributed by atoms with Crippen molar-refractivity contribution in [2.24, 2.45) is 4.99 Å². The molecule has 0 aliphatic carbocycles. The summed E-state index contributed by atoms with van der Waals surface area (Å²) in [5.41, 5.74) is 2.56. The van der Waals surface area contributed by atoms with Crippen LogP contribution in [0.2, 0.25) is 0 Å². The van der Waals surface area contributed by atoms with Crippen LogP contribution in [0.4, 0.5) is 5.69 Å². The molecule has 0 heterocycles. The summed E-state index contributed by atoms with van der Waals surface area (Å²) >= 11 is 0. The van der Waals surface area contributed by atoms with Crippen molar-refractivity contribution in [3.63, 3.8) is 0 Å². The van der Waals surface area contributed by atoms with E-state index in [1.54, 1.807) is 30.3 Å². The first-order valence-electron chi connectivity index (χ1n) is 5.50.